The highest BCUT2D eigenvalue weighted by Crippen LogP contribution is 2.24. The molecule has 0 bridgehead atoms. The zero-order valence-corrected chi connectivity index (χ0v) is 12.2. The summed E-state index contributed by atoms with van der Waals surface area (Å²) < 4.78 is 10.9. The third-order valence-corrected chi connectivity index (χ3v) is 4.29. The maximum atomic E-state index is 12.2. The molecule has 0 saturated carbocycles. The van der Waals surface area contributed by atoms with Gasteiger partial charge in [0.25, 0.3) is 0 Å². The summed E-state index contributed by atoms with van der Waals surface area (Å²) in [5.41, 5.74) is 1.03. The summed E-state index contributed by atoms with van der Waals surface area (Å²) in [6, 6.07) is 9.78. The van der Waals surface area contributed by atoms with Crippen molar-refractivity contribution in [3.05, 3.63) is 35.9 Å². The van der Waals surface area contributed by atoms with Crippen molar-refractivity contribution < 1.29 is 14.3 Å². The number of nitrogens with one attached hydrogen (secondary N) is 1. The predicted molar refractivity (Wildman–Crippen MR) is 79.0 cm³/mol. The van der Waals surface area contributed by atoms with Crippen LogP contribution >= 0.6 is 0 Å². The molecular weight excluding hydrogens is 268 g/mol. The summed E-state index contributed by atoms with van der Waals surface area (Å²) in [7, 11) is 0. The molecule has 0 radical (unpaired) electrons. The van der Waals surface area contributed by atoms with E-state index < -0.39 is 0 Å². The number of benzene rings is 1. The van der Waals surface area contributed by atoms with E-state index in [2.05, 4.69) is 5.32 Å². The van der Waals surface area contributed by atoms with Gasteiger partial charge in [-0.3, -0.25) is 0 Å². The van der Waals surface area contributed by atoms with E-state index in [0.717, 1.165) is 38.2 Å². The number of hydrogen-bond acceptors (Lipinski definition) is 4. The van der Waals surface area contributed by atoms with E-state index in [1.807, 2.05) is 35.2 Å². The summed E-state index contributed by atoms with van der Waals surface area (Å²) in [4.78, 5) is 14.1. The molecule has 2 saturated heterocycles. The molecule has 21 heavy (non-hydrogen) atoms. The molecular formula is C16H22N2O3. The molecule has 1 amide bonds. The quantitative estimate of drug-likeness (QED) is 0.902. The van der Waals surface area contributed by atoms with Crippen LogP contribution in [0.1, 0.15) is 18.4 Å². The first-order chi connectivity index (χ1) is 10.3. The van der Waals surface area contributed by atoms with Gasteiger partial charge in [-0.2, -0.15) is 0 Å². The van der Waals surface area contributed by atoms with Crippen LogP contribution in [-0.4, -0.2) is 49.4 Å². The van der Waals surface area contributed by atoms with Crippen molar-refractivity contribution in [1.82, 2.24) is 10.2 Å². The second-order valence-corrected chi connectivity index (χ2v) is 5.78. The summed E-state index contributed by atoms with van der Waals surface area (Å²) in [6.45, 7) is 4.10. The van der Waals surface area contributed by atoms with Crippen LogP contribution < -0.4 is 5.32 Å². The zero-order valence-electron chi connectivity index (χ0n) is 12.2. The fraction of sp³-hybridized carbons (Fsp3) is 0.562. The highest BCUT2D eigenvalue weighted by Gasteiger charge is 2.38. The van der Waals surface area contributed by atoms with Crippen LogP contribution in [0.15, 0.2) is 30.3 Å². The first-order valence-electron chi connectivity index (χ1n) is 7.56. The van der Waals surface area contributed by atoms with E-state index in [1.54, 1.807) is 0 Å². The van der Waals surface area contributed by atoms with Crippen LogP contribution in [0.5, 0.6) is 0 Å². The Labute approximate surface area is 125 Å². The summed E-state index contributed by atoms with van der Waals surface area (Å²) in [5.74, 6) is 0. The van der Waals surface area contributed by atoms with E-state index in [4.69, 9.17) is 9.47 Å². The third-order valence-electron chi connectivity index (χ3n) is 4.29. The monoisotopic (exact) mass is 290 g/mol. The Bertz CT molecular complexity index is 466. The van der Waals surface area contributed by atoms with E-state index in [9.17, 15) is 4.79 Å². The minimum Gasteiger partial charge on any atom is -0.445 e. The Kier molecular flexibility index (Phi) is 4.41. The predicted octanol–water partition coefficient (Wildman–Crippen LogP) is 1.78. The van der Waals surface area contributed by atoms with Gasteiger partial charge in [0, 0.05) is 38.4 Å². The summed E-state index contributed by atoms with van der Waals surface area (Å²) >= 11 is 0. The standard InChI is InChI=1S/C16H22N2O3/c19-15(21-12-14-4-2-1-3-5-14)18-9-8-17-16(13-18)6-10-20-11-7-16/h1-5,17H,6-13H2. The maximum Gasteiger partial charge on any atom is 0.410 e. The molecule has 114 valence electrons. The number of amides is 1. The van der Waals surface area contributed by atoms with Gasteiger partial charge >= 0.3 is 6.09 Å². The molecule has 0 unspecified atom stereocenters. The second-order valence-electron chi connectivity index (χ2n) is 5.78. The lowest BCUT2D eigenvalue weighted by Gasteiger charge is -2.45. The number of carbonyl (C=O) groups is 1. The molecule has 1 spiro atoms. The van der Waals surface area contributed by atoms with Gasteiger partial charge in [0.1, 0.15) is 6.61 Å². The SMILES string of the molecule is O=C(OCc1ccccc1)N1CCNC2(CCOCC2)C1. The van der Waals surface area contributed by atoms with Gasteiger partial charge in [-0.15, -0.1) is 0 Å². The van der Waals surface area contributed by atoms with Crippen molar-refractivity contribution in [2.24, 2.45) is 0 Å². The van der Waals surface area contributed by atoms with Gasteiger partial charge in [0.05, 0.1) is 0 Å². The molecule has 5 nitrogen and oxygen atoms in total. The van der Waals surface area contributed by atoms with Crippen LogP contribution in [0.3, 0.4) is 0 Å². The lowest BCUT2D eigenvalue weighted by atomic mass is 9.88. The van der Waals surface area contributed by atoms with Gasteiger partial charge in [0.15, 0.2) is 0 Å². The number of carbonyl (C=O) groups excluding carboxylic acids is 1. The molecule has 0 aliphatic carbocycles. The van der Waals surface area contributed by atoms with Gasteiger partial charge in [0.2, 0.25) is 0 Å². The molecule has 0 atom stereocenters. The lowest BCUT2D eigenvalue weighted by molar-refractivity contribution is 0.00333. The molecule has 1 aromatic rings. The first kappa shape index (κ1) is 14.4. The highest BCUT2D eigenvalue weighted by molar-refractivity contribution is 5.68. The van der Waals surface area contributed by atoms with Gasteiger partial charge in [-0.05, 0) is 18.4 Å². The molecule has 1 N–H and O–H groups in total. The Morgan fingerprint density at radius 2 is 2.05 bits per heavy atom. The average Bonchev–Trinajstić information content (AvgIpc) is 2.54. The van der Waals surface area contributed by atoms with Gasteiger partial charge in [-0.1, -0.05) is 30.3 Å². The topological polar surface area (TPSA) is 50.8 Å². The minimum absolute atomic E-state index is 0.0161. The van der Waals surface area contributed by atoms with Crippen molar-refractivity contribution in [3.8, 4) is 0 Å². The first-order valence-corrected chi connectivity index (χ1v) is 7.56. The highest BCUT2D eigenvalue weighted by atomic mass is 16.6. The molecule has 2 aliphatic heterocycles. The molecule has 0 aromatic heterocycles. The van der Waals surface area contributed by atoms with Gasteiger partial charge in [-0.25, -0.2) is 4.79 Å². The summed E-state index contributed by atoms with van der Waals surface area (Å²) in [6.07, 6.45) is 1.69. The maximum absolute atomic E-state index is 12.2. The zero-order chi connectivity index (χ0) is 14.5. The van der Waals surface area contributed by atoms with E-state index in [0.29, 0.717) is 19.7 Å². The number of nitrogens with zero attached hydrogens (tertiary/aromatic N) is 1. The number of rotatable bonds is 2. The van der Waals surface area contributed by atoms with Gasteiger partial charge < -0.3 is 19.7 Å². The third kappa shape index (κ3) is 3.54. The van der Waals surface area contributed by atoms with Crippen LogP contribution in [-0.2, 0) is 16.1 Å². The van der Waals surface area contributed by atoms with Crippen molar-refractivity contribution in [3.63, 3.8) is 0 Å². The molecule has 2 fully saturated rings. The largest absolute Gasteiger partial charge is 0.445 e. The Morgan fingerprint density at radius 3 is 2.81 bits per heavy atom. The lowest BCUT2D eigenvalue weighted by Crippen LogP contribution is -2.63. The second kappa shape index (κ2) is 6.45. The Balaban J connectivity index is 1.54. The van der Waals surface area contributed by atoms with Crippen LogP contribution in [0.25, 0.3) is 0 Å². The van der Waals surface area contributed by atoms with E-state index >= 15 is 0 Å². The van der Waals surface area contributed by atoms with Crippen molar-refractivity contribution in [2.75, 3.05) is 32.8 Å². The van der Waals surface area contributed by atoms with E-state index in [1.165, 1.54) is 0 Å². The van der Waals surface area contributed by atoms with Crippen LogP contribution in [0.4, 0.5) is 4.79 Å². The number of ether oxygens (including phenoxy) is 2. The fourth-order valence-electron chi connectivity index (χ4n) is 3.02. The van der Waals surface area contributed by atoms with Crippen LogP contribution in [0, 0.1) is 0 Å². The smallest absolute Gasteiger partial charge is 0.410 e. The van der Waals surface area contributed by atoms with E-state index in [-0.39, 0.29) is 11.6 Å². The molecule has 3 rings (SSSR count). The van der Waals surface area contributed by atoms with Crippen LogP contribution in [0.2, 0.25) is 0 Å². The molecule has 2 aliphatic rings. The van der Waals surface area contributed by atoms with Crippen molar-refractivity contribution >= 4 is 6.09 Å². The Hall–Kier alpha value is -1.59. The molecule has 1 aromatic carbocycles. The summed E-state index contributed by atoms with van der Waals surface area (Å²) in [5, 5.41) is 3.56. The minimum atomic E-state index is -0.216. The number of piperazine rings is 1. The normalized spacial score (nSPS) is 21.2. The van der Waals surface area contributed by atoms with Crippen molar-refractivity contribution in [2.45, 2.75) is 25.0 Å². The number of hydrogen-bond donors (Lipinski definition) is 1. The molecule has 2 heterocycles. The molecule has 5 heteroatoms. The van der Waals surface area contributed by atoms with Crippen molar-refractivity contribution in [1.29, 1.82) is 0 Å². The fourth-order valence-corrected chi connectivity index (χ4v) is 3.02. The Morgan fingerprint density at radius 1 is 1.29 bits per heavy atom. The average molecular weight is 290 g/mol.